The summed E-state index contributed by atoms with van der Waals surface area (Å²) >= 11 is 0. The minimum atomic E-state index is -0.879. The zero-order chi connectivity index (χ0) is 52.3. The van der Waals surface area contributed by atoms with Gasteiger partial charge in [0.15, 0.2) is 23.0 Å². The second-order valence-corrected chi connectivity index (χ2v) is 16.1. The Kier molecular flexibility index (Phi) is 28.7. The Morgan fingerprint density at radius 1 is 0.514 bits per heavy atom. The van der Waals surface area contributed by atoms with Crippen molar-refractivity contribution in [3.63, 3.8) is 0 Å². The first-order valence-electron chi connectivity index (χ1n) is 24.7. The molecule has 408 valence electrons. The Bertz CT molecular complexity index is 2180. The van der Waals surface area contributed by atoms with Crippen molar-refractivity contribution in [2.45, 2.75) is 18.9 Å². The predicted octanol–water partition coefficient (Wildman–Crippen LogP) is 5.63. The van der Waals surface area contributed by atoms with Gasteiger partial charge in [-0.3, -0.25) is 9.59 Å². The van der Waals surface area contributed by atoms with Crippen molar-refractivity contribution in [1.82, 2.24) is 5.32 Å². The molecule has 1 amide bonds. The molecule has 2 N–H and O–H groups in total. The number of hydrogen-bond acceptors (Lipinski definition) is 18. The average Bonchev–Trinajstić information content (AvgIpc) is 3.42. The van der Waals surface area contributed by atoms with E-state index in [4.69, 9.17) is 75.8 Å². The van der Waals surface area contributed by atoms with Crippen molar-refractivity contribution in [3.05, 3.63) is 101 Å². The first-order chi connectivity index (χ1) is 36.4. The smallest absolute Gasteiger partial charge is 0.303 e. The number of carboxylic acid groups (broad SMARTS) is 1. The molecular weight excluding hydrogens is 967 g/mol. The fourth-order valence-electron chi connectivity index (χ4n) is 7.04. The quantitative estimate of drug-likeness (QED) is 0.109. The highest BCUT2D eigenvalue weighted by atomic mass is 16.6. The van der Waals surface area contributed by atoms with Crippen molar-refractivity contribution < 1.29 is 90.5 Å². The summed E-state index contributed by atoms with van der Waals surface area (Å²) in [6, 6.07) is 22.5. The van der Waals surface area contributed by atoms with Crippen LogP contribution < -0.4 is 38.5 Å². The van der Waals surface area contributed by atoms with E-state index in [1.54, 1.807) is 63.8 Å². The number of hydrogen-bond donors (Lipinski definition) is 2. The molecule has 1 heterocycles. The van der Waals surface area contributed by atoms with Crippen LogP contribution in [0.5, 0.6) is 40.2 Å². The Morgan fingerprint density at radius 3 is 1.53 bits per heavy atom. The van der Waals surface area contributed by atoms with E-state index in [0.29, 0.717) is 164 Å². The molecule has 0 fully saturated rings. The fourth-order valence-corrected chi connectivity index (χ4v) is 7.04. The zero-order valence-electron chi connectivity index (χ0n) is 42.8. The number of methoxy groups -OCH3 is 3. The number of fused-ring (bicyclic) bond motifs is 2. The lowest BCUT2D eigenvalue weighted by Gasteiger charge is -2.23. The van der Waals surface area contributed by atoms with E-state index in [0.717, 1.165) is 11.1 Å². The molecule has 4 aromatic rings. The Morgan fingerprint density at radius 2 is 1.00 bits per heavy atom. The van der Waals surface area contributed by atoms with E-state index in [9.17, 15) is 14.7 Å². The minimum absolute atomic E-state index is 0.00231. The van der Waals surface area contributed by atoms with Gasteiger partial charge in [0.2, 0.25) is 0 Å². The first kappa shape index (κ1) is 58.9. The van der Waals surface area contributed by atoms with Crippen LogP contribution >= 0.6 is 0 Å². The topological polar surface area (TPSA) is 214 Å². The average molecular weight is 1040 g/mol. The molecule has 20 nitrogen and oxygen atoms in total. The van der Waals surface area contributed by atoms with E-state index in [2.05, 4.69) is 5.32 Å². The van der Waals surface area contributed by atoms with Gasteiger partial charge in [0.25, 0.3) is 5.91 Å². The van der Waals surface area contributed by atoms with E-state index >= 15 is 0 Å². The predicted molar refractivity (Wildman–Crippen MR) is 270 cm³/mol. The molecule has 0 bridgehead atoms. The van der Waals surface area contributed by atoms with Gasteiger partial charge in [-0.05, 0) is 60.0 Å². The van der Waals surface area contributed by atoms with E-state index in [1.165, 1.54) is 0 Å². The summed E-state index contributed by atoms with van der Waals surface area (Å²) < 4.78 is 91.7. The summed E-state index contributed by atoms with van der Waals surface area (Å²) in [6.07, 6.45) is 0.374. The van der Waals surface area contributed by atoms with Gasteiger partial charge >= 0.3 is 5.97 Å². The summed E-state index contributed by atoms with van der Waals surface area (Å²) in [7, 11) is 4.74. The third-order valence-electron chi connectivity index (χ3n) is 10.8. The second-order valence-electron chi connectivity index (χ2n) is 16.1. The number of carbonyl (C=O) groups is 2. The number of nitrogens with one attached hydrogen (secondary N) is 1. The molecule has 1 atom stereocenters. The SMILES string of the molecule is COCCOCCOCCOc1ccc2c(c1)OCCOCCOCCOCCOc1ccc(C(=O)NC(c3ccc(CCC(=O)O)cc3)c3ccc(OC)cc3OC)cc1OCCOCCOCCOCCO2. The van der Waals surface area contributed by atoms with E-state index in [1.807, 2.05) is 36.4 Å². The highest BCUT2D eigenvalue weighted by Gasteiger charge is 2.23. The summed E-state index contributed by atoms with van der Waals surface area (Å²) in [5, 5.41) is 12.4. The number of amides is 1. The molecule has 0 spiro atoms. The van der Waals surface area contributed by atoms with Crippen molar-refractivity contribution >= 4 is 11.9 Å². The lowest BCUT2D eigenvalue weighted by atomic mass is 9.95. The maximum Gasteiger partial charge on any atom is 0.303 e. The van der Waals surface area contributed by atoms with Crippen LogP contribution in [0.15, 0.2) is 78.9 Å². The molecule has 0 radical (unpaired) electrons. The Labute approximate surface area is 433 Å². The van der Waals surface area contributed by atoms with Gasteiger partial charge in [-0.1, -0.05) is 24.3 Å². The third-order valence-corrected chi connectivity index (χ3v) is 10.8. The summed E-state index contributed by atoms with van der Waals surface area (Å²) in [4.78, 5) is 25.4. The van der Waals surface area contributed by atoms with Gasteiger partial charge in [0.1, 0.15) is 50.3 Å². The van der Waals surface area contributed by atoms with Crippen molar-refractivity contribution in [2.24, 2.45) is 0 Å². The summed E-state index contributed by atoms with van der Waals surface area (Å²) in [5.41, 5.74) is 2.60. The van der Waals surface area contributed by atoms with Crippen LogP contribution in [-0.2, 0) is 53.8 Å². The maximum absolute atomic E-state index is 14.2. The summed E-state index contributed by atoms with van der Waals surface area (Å²) in [5.74, 6) is 2.22. The van der Waals surface area contributed by atoms with Crippen LogP contribution in [0.25, 0.3) is 0 Å². The Balaban J connectivity index is 1.14. The molecule has 74 heavy (non-hydrogen) atoms. The largest absolute Gasteiger partial charge is 0.497 e. The highest BCUT2D eigenvalue weighted by Crippen LogP contribution is 2.35. The number of carbonyl (C=O) groups excluding carboxylic acids is 1. The first-order valence-corrected chi connectivity index (χ1v) is 24.7. The van der Waals surface area contributed by atoms with Crippen LogP contribution in [-0.4, -0.2) is 184 Å². The van der Waals surface area contributed by atoms with Crippen molar-refractivity contribution in [2.75, 3.05) is 167 Å². The molecular formula is C54H73NO19. The number of benzene rings is 4. The maximum atomic E-state index is 14.2. The van der Waals surface area contributed by atoms with Gasteiger partial charge in [0, 0.05) is 36.8 Å². The van der Waals surface area contributed by atoms with E-state index in [-0.39, 0.29) is 46.1 Å². The zero-order valence-corrected chi connectivity index (χ0v) is 42.8. The molecule has 1 aliphatic rings. The highest BCUT2D eigenvalue weighted by molar-refractivity contribution is 5.95. The normalized spacial score (nSPS) is 15.7. The van der Waals surface area contributed by atoms with Crippen molar-refractivity contribution in [3.8, 4) is 40.2 Å². The molecule has 1 aliphatic heterocycles. The standard InChI is InChI=1S/C54H73NO19/c1-59-16-17-62-18-23-65-28-33-70-45-11-14-48-51(40-45)74-37-32-69-27-22-64-19-24-66-29-34-71-47-13-9-43(38-50(47)73-36-31-68-26-21-63-20-25-67-30-35-72-48)54(58)55-53(46-12-10-44(60-2)39-49(46)61-3)42-7-4-41(5-8-42)6-15-52(56)57/h4-5,7-14,38-40,53H,6,15-37H2,1-3H3,(H,55,58)(H,56,57). The van der Waals surface area contributed by atoms with Crippen LogP contribution in [0.3, 0.4) is 0 Å². The van der Waals surface area contributed by atoms with Crippen LogP contribution in [0.2, 0.25) is 0 Å². The second kappa shape index (κ2) is 36.1. The van der Waals surface area contributed by atoms with E-state index < -0.39 is 17.9 Å². The van der Waals surface area contributed by atoms with Gasteiger partial charge < -0.3 is 86.2 Å². The number of rotatable bonds is 19. The van der Waals surface area contributed by atoms with Gasteiger partial charge in [0.05, 0.1) is 133 Å². The summed E-state index contributed by atoms with van der Waals surface area (Å²) in [6.45, 7) is 7.61. The number of aryl methyl sites for hydroxylation is 1. The molecule has 0 aliphatic carbocycles. The number of carboxylic acids is 1. The molecule has 1 unspecified atom stereocenters. The minimum Gasteiger partial charge on any atom is -0.497 e. The number of ether oxygens (including phenoxy) is 16. The van der Waals surface area contributed by atoms with Crippen LogP contribution in [0.1, 0.15) is 39.5 Å². The van der Waals surface area contributed by atoms with Gasteiger partial charge in [-0.2, -0.15) is 0 Å². The molecule has 20 heteroatoms. The van der Waals surface area contributed by atoms with Crippen LogP contribution in [0.4, 0.5) is 0 Å². The molecule has 4 aromatic carbocycles. The molecule has 0 saturated heterocycles. The molecule has 0 aromatic heterocycles. The van der Waals surface area contributed by atoms with Gasteiger partial charge in [-0.15, -0.1) is 0 Å². The third kappa shape index (κ3) is 22.7. The van der Waals surface area contributed by atoms with Crippen LogP contribution in [0, 0.1) is 0 Å². The lowest BCUT2D eigenvalue weighted by Crippen LogP contribution is -2.29. The lowest BCUT2D eigenvalue weighted by molar-refractivity contribution is -0.136. The number of aliphatic carboxylic acids is 1. The van der Waals surface area contributed by atoms with Crippen molar-refractivity contribution in [1.29, 1.82) is 0 Å². The van der Waals surface area contributed by atoms with Gasteiger partial charge in [-0.25, -0.2) is 0 Å². The Hall–Kier alpha value is -5.94. The molecule has 0 saturated carbocycles. The monoisotopic (exact) mass is 1040 g/mol. The molecule has 5 rings (SSSR count). The fraction of sp³-hybridized carbons (Fsp3) is 0.519.